The van der Waals surface area contributed by atoms with Crippen LogP contribution in [0.2, 0.25) is 0 Å². The Morgan fingerprint density at radius 1 is 1.21 bits per heavy atom. The summed E-state index contributed by atoms with van der Waals surface area (Å²) < 4.78 is 5.30. The maximum atomic E-state index is 12.7. The van der Waals surface area contributed by atoms with E-state index in [9.17, 15) is 4.79 Å². The van der Waals surface area contributed by atoms with Crippen LogP contribution in [0, 0.1) is 13.8 Å². The Labute approximate surface area is 140 Å². The topological polar surface area (TPSA) is 87.4 Å². The van der Waals surface area contributed by atoms with Gasteiger partial charge in [0.2, 0.25) is 5.91 Å². The molecule has 1 unspecified atom stereocenters. The molecular weight excluding hydrogens is 308 g/mol. The van der Waals surface area contributed by atoms with Crippen LogP contribution >= 0.6 is 0 Å². The predicted molar refractivity (Wildman–Crippen MR) is 88.9 cm³/mol. The molecular formula is C16H22N6O2. The second-order valence-corrected chi connectivity index (χ2v) is 6.53. The van der Waals surface area contributed by atoms with Crippen molar-refractivity contribution in [2.45, 2.75) is 32.7 Å². The number of piperazine rings is 1. The Hall–Kier alpha value is -2.22. The number of carbonyl (C=O) groups is 1. The fraction of sp³-hybridized carbons (Fsp3) is 0.625. The molecule has 0 radical (unpaired) electrons. The van der Waals surface area contributed by atoms with E-state index < -0.39 is 0 Å². The Morgan fingerprint density at radius 3 is 2.79 bits per heavy atom. The molecule has 2 aliphatic rings. The van der Waals surface area contributed by atoms with E-state index in [1.165, 1.54) is 0 Å². The van der Waals surface area contributed by atoms with Gasteiger partial charge in [-0.3, -0.25) is 4.79 Å². The Morgan fingerprint density at radius 2 is 2.00 bits per heavy atom. The molecule has 8 heteroatoms. The van der Waals surface area contributed by atoms with Gasteiger partial charge in [0.1, 0.15) is 23.1 Å². The molecule has 1 amide bonds. The van der Waals surface area contributed by atoms with Gasteiger partial charge in [0, 0.05) is 32.7 Å². The lowest BCUT2D eigenvalue weighted by Crippen LogP contribution is -2.57. The van der Waals surface area contributed by atoms with E-state index in [-0.39, 0.29) is 11.9 Å². The first-order valence-electron chi connectivity index (χ1n) is 8.51. The van der Waals surface area contributed by atoms with Gasteiger partial charge in [-0.2, -0.15) is 4.98 Å². The van der Waals surface area contributed by atoms with Crippen LogP contribution < -0.4 is 10.2 Å². The fourth-order valence-electron chi connectivity index (χ4n) is 3.57. The minimum Gasteiger partial charge on any atom is -0.352 e. The van der Waals surface area contributed by atoms with E-state index in [2.05, 4.69) is 25.3 Å². The number of nitrogens with one attached hydrogen (secondary N) is 1. The number of amides is 1. The predicted octanol–water partition coefficient (Wildman–Crippen LogP) is 0.635. The number of fused-ring (bicyclic) bond motifs is 1. The van der Waals surface area contributed by atoms with Gasteiger partial charge in [-0.05, 0) is 26.7 Å². The lowest BCUT2D eigenvalue weighted by molar-refractivity contribution is -0.132. The van der Waals surface area contributed by atoms with Gasteiger partial charge in [-0.1, -0.05) is 5.16 Å². The summed E-state index contributed by atoms with van der Waals surface area (Å²) in [7, 11) is 0. The monoisotopic (exact) mass is 330 g/mol. The number of rotatable bonds is 2. The molecule has 1 N–H and O–H groups in total. The molecule has 0 spiro atoms. The number of likely N-dealkylation sites (tertiary alicyclic amines) is 1. The number of aromatic nitrogens is 3. The second kappa shape index (κ2) is 6.01. The van der Waals surface area contributed by atoms with E-state index in [0.29, 0.717) is 18.1 Å². The summed E-state index contributed by atoms with van der Waals surface area (Å²) >= 11 is 0. The van der Waals surface area contributed by atoms with Crippen LogP contribution in [0.25, 0.3) is 11.1 Å². The van der Waals surface area contributed by atoms with Gasteiger partial charge < -0.3 is 19.6 Å². The molecule has 4 rings (SSSR count). The molecule has 2 aromatic heterocycles. The number of hydrogen-bond donors (Lipinski definition) is 1. The summed E-state index contributed by atoms with van der Waals surface area (Å²) in [5, 5.41) is 8.21. The molecule has 0 bridgehead atoms. The van der Waals surface area contributed by atoms with Crippen molar-refractivity contribution < 1.29 is 9.32 Å². The van der Waals surface area contributed by atoms with Gasteiger partial charge in [-0.25, -0.2) is 4.98 Å². The van der Waals surface area contributed by atoms with Crippen LogP contribution in [0.15, 0.2) is 4.52 Å². The van der Waals surface area contributed by atoms with Gasteiger partial charge in [0.15, 0.2) is 0 Å². The first kappa shape index (κ1) is 15.3. The Kier molecular flexibility index (Phi) is 3.84. The normalized spacial score (nSPS) is 21.7. The highest BCUT2D eigenvalue weighted by Crippen LogP contribution is 2.27. The molecule has 2 aliphatic heterocycles. The van der Waals surface area contributed by atoms with E-state index in [1.54, 1.807) is 0 Å². The van der Waals surface area contributed by atoms with Gasteiger partial charge >= 0.3 is 0 Å². The molecule has 4 heterocycles. The maximum absolute atomic E-state index is 12.7. The van der Waals surface area contributed by atoms with Crippen molar-refractivity contribution in [3.63, 3.8) is 0 Å². The van der Waals surface area contributed by atoms with Gasteiger partial charge in [0.05, 0.1) is 5.69 Å². The third-order valence-corrected chi connectivity index (χ3v) is 4.79. The third-order valence-electron chi connectivity index (χ3n) is 4.79. The summed E-state index contributed by atoms with van der Waals surface area (Å²) in [4.78, 5) is 25.7. The van der Waals surface area contributed by atoms with Gasteiger partial charge in [0.25, 0.3) is 5.71 Å². The Bertz CT molecular complexity index is 767. The molecule has 128 valence electrons. The molecule has 2 aromatic rings. The van der Waals surface area contributed by atoms with E-state index in [1.807, 2.05) is 18.7 Å². The molecule has 8 nitrogen and oxygen atoms in total. The lowest BCUT2D eigenvalue weighted by atomic mass is 10.1. The summed E-state index contributed by atoms with van der Waals surface area (Å²) in [5.74, 6) is 1.66. The van der Waals surface area contributed by atoms with Crippen LogP contribution in [0.1, 0.15) is 24.4 Å². The van der Waals surface area contributed by atoms with Crippen molar-refractivity contribution in [1.29, 1.82) is 0 Å². The molecule has 24 heavy (non-hydrogen) atoms. The largest absolute Gasteiger partial charge is 0.352 e. The molecule has 2 saturated heterocycles. The number of anilines is 1. The molecule has 0 saturated carbocycles. The first-order chi connectivity index (χ1) is 11.6. The number of aryl methyl sites for hydroxylation is 2. The average molecular weight is 330 g/mol. The second-order valence-electron chi connectivity index (χ2n) is 6.53. The maximum Gasteiger partial charge on any atom is 0.263 e. The highest BCUT2D eigenvalue weighted by atomic mass is 16.5. The van der Waals surface area contributed by atoms with Crippen molar-refractivity contribution in [2.24, 2.45) is 0 Å². The van der Waals surface area contributed by atoms with Crippen molar-refractivity contribution >= 4 is 22.8 Å². The van der Waals surface area contributed by atoms with Crippen LogP contribution in [0.3, 0.4) is 0 Å². The third kappa shape index (κ3) is 2.60. The zero-order valence-electron chi connectivity index (χ0n) is 14.1. The zero-order chi connectivity index (χ0) is 16.7. The summed E-state index contributed by atoms with van der Waals surface area (Å²) in [6.07, 6.45) is 2.21. The summed E-state index contributed by atoms with van der Waals surface area (Å²) in [6, 6.07) is -0.192. The summed E-state index contributed by atoms with van der Waals surface area (Å²) in [5.41, 5.74) is 1.29. The van der Waals surface area contributed by atoms with Crippen LogP contribution in [0.5, 0.6) is 0 Å². The first-order valence-corrected chi connectivity index (χ1v) is 8.51. The fourth-order valence-corrected chi connectivity index (χ4v) is 3.57. The van der Waals surface area contributed by atoms with Crippen LogP contribution in [-0.2, 0) is 4.79 Å². The average Bonchev–Trinajstić information content (AvgIpc) is 3.24. The number of nitrogens with zero attached hydrogens (tertiary/aromatic N) is 5. The van der Waals surface area contributed by atoms with Crippen LogP contribution in [0.4, 0.5) is 5.82 Å². The molecule has 1 atom stereocenters. The van der Waals surface area contributed by atoms with Crippen molar-refractivity contribution in [3.05, 3.63) is 11.5 Å². The minimum atomic E-state index is -0.192. The molecule has 2 fully saturated rings. The highest BCUT2D eigenvalue weighted by molar-refractivity contribution is 5.89. The number of hydrogen-bond acceptors (Lipinski definition) is 7. The van der Waals surface area contributed by atoms with E-state index in [0.717, 1.165) is 55.9 Å². The zero-order valence-corrected chi connectivity index (χ0v) is 14.1. The smallest absolute Gasteiger partial charge is 0.263 e. The van der Waals surface area contributed by atoms with Crippen molar-refractivity contribution in [2.75, 3.05) is 37.6 Å². The molecule has 0 aromatic carbocycles. The van der Waals surface area contributed by atoms with E-state index in [4.69, 9.17) is 4.52 Å². The molecule has 0 aliphatic carbocycles. The van der Waals surface area contributed by atoms with Crippen molar-refractivity contribution in [1.82, 2.24) is 25.3 Å². The lowest BCUT2D eigenvalue weighted by Gasteiger charge is -2.35. The Balaban J connectivity index is 1.62. The van der Waals surface area contributed by atoms with Crippen LogP contribution in [-0.4, -0.2) is 64.7 Å². The standard InChI is InChI=1S/C16H22N6O2/c1-10-13-14(18-11(2)19-15(13)24-20-10)22-8-5-17-12(9-22)16(23)21-6-3-4-7-21/h12,17H,3-9H2,1-2H3. The van der Waals surface area contributed by atoms with E-state index >= 15 is 0 Å². The van der Waals surface area contributed by atoms with Crippen molar-refractivity contribution in [3.8, 4) is 0 Å². The van der Waals surface area contributed by atoms with Gasteiger partial charge in [-0.15, -0.1) is 0 Å². The highest BCUT2D eigenvalue weighted by Gasteiger charge is 2.32. The summed E-state index contributed by atoms with van der Waals surface area (Å²) in [6.45, 7) is 7.63. The minimum absolute atomic E-state index is 0.192. The quantitative estimate of drug-likeness (QED) is 0.864. The SMILES string of the molecule is Cc1nc(N2CCNC(C(=O)N3CCCC3)C2)c2c(C)noc2n1. The number of carbonyl (C=O) groups excluding carboxylic acids is 1.